The lowest BCUT2D eigenvalue weighted by molar-refractivity contribution is -0.139. The maximum atomic E-state index is 12.1. The lowest BCUT2D eigenvalue weighted by Crippen LogP contribution is -2.44. The quantitative estimate of drug-likeness (QED) is 0.738. The number of furan rings is 1. The molecule has 1 aromatic carbocycles. The summed E-state index contributed by atoms with van der Waals surface area (Å²) in [7, 11) is 0. The van der Waals surface area contributed by atoms with Gasteiger partial charge in [0.2, 0.25) is 0 Å². The van der Waals surface area contributed by atoms with Gasteiger partial charge in [0.05, 0.1) is 19.8 Å². The van der Waals surface area contributed by atoms with E-state index in [1.807, 2.05) is 24.3 Å². The van der Waals surface area contributed by atoms with Crippen molar-refractivity contribution in [1.29, 1.82) is 0 Å². The van der Waals surface area contributed by atoms with Crippen LogP contribution in [0.2, 0.25) is 0 Å². The van der Waals surface area contributed by atoms with Gasteiger partial charge >= 0.3 is 5.97 Å². The second-order valence-corrected chi connectivity index (χ2v) is 7.05. The minimum Gasteiger partial charge on any atom is -0.493 e. The van der Waals surface area contributed by atoms with E-state index in [0.717, 1.165) is 11.3 Å². The Morgan fingerprint density at radius 1 is 1.22 bits per heavy atom. The highest BCUT2D eigenvalue weighted by atomic mass is 16.5. The highest BCUT2D eigenvalue weighted by molar-refractivity contribution is 5.94. The van der Waals surface area contributed by atoms with Crippen LogP contribution in [0.3, 0.4) is 0 Å². The maximum absolute atomic E-state index is 12.1. The van der Waals surface area contributed by atoms with E-state index in [2.05, 4.69) is 12.2 Å². The zero-order chi connectivity index (χ0) is 19.4. The summed E-state index contributed by atoms with van der Waals surface area (Å²) in [6, 6.07) is 9.66. The molecule has 0 aliphatic carbocycles. The molecule has 2 heterocycles. The van der Waals surface area contributed by atoms with Crippen LogP contribution < -0.4 is 10.1 Å². The van der Waals surface area contributed by atoms with E-state index in [1.54, 1.807) is 13.0 Å². The molecule has 2 aromatic rings. The number of amides is 1. The molecule has 0 radical (unpaired) electrons. The predicted molar refractivity (Wildman–Crippen MR) is 97.7 cm³/mol. The first-order valence-electron chi connectivity index (χ1n) is 8.85. The topological polar surface area (TPSA) is 98.0 Å². The summed E-state index contributed by atoms with van der Waals surface area (Å²) in [5.74, 6) is -0.275. The third-order valence-electron chi connectivity index (χ3n) is 4.47. The van der Waals surface area contributed by atoms with Crippen LogP contribution in [0.1, 0.15) is 30.8 Å². The van der Waals surface area contributed by atoms with E-state index in [0.29, 0.717) is 32.0 Å². The van der Waals surface area contributed by atoms with Crippen molar-refractivity contribution in [1.82, 2.24) is 5.32 Å². The summed E-state index contributed by atoms with van der Waals surface area (Å²) in [6.07, 6.45) is 0.293. The van der Waals surface area contributed by atoms with Gasteiger partial charge in [0.25, 0.3) is 5.91 Å². The predicted octanol–water partition coefficient (Wildman–Crippen LogP) is 2.95. The van der Waals surface area contributed by atoms with Gasteiger partial charge in [0.1, 0.15) is 17.6 Å². The van der Waals surface area contributed by atoms with Gasteiger partial charge in [-0.15, -0.1) is 0 Å². The van der Waals surface area contributed by atoms with Crippen molar-refractivity contribution in [2.45, 2.75) is 26.3 Å². The second-order valence-electron chi connectivity index (χ2n) is 7.05. The summed E-state index contributed by atoms with van der Waals surface area (Å²) in [5, 5.41) is 11.5. The fraction of sp³-hybridized carbons (Fsp3) is 0.400. The molecule has 1 amide bonds. The average molecular weight is 373 g/mol. The Morgan fingerprint density at radius 3 is 2.48 bits per heavy atom. The first-order valence-corrected chi connectivity index (χ1v) is 8.85. The van der Waals surface area contributed by atoms with Gasteiger partial charge in [-0.05, 0) is 42.8 Å². The number of carbonyl (C=O) groups is 2. The number of ether oxygens (including phenoxy) is 2. The number of rotatable bonds is 8. The van der Waals surface area contributed by atoms with E-state index >= 15 is 0 Å². The van der Waals surface area contributed by atoms with E-state index in [-0.39, 0.29) is 11.2 Å². The number of benzene rings is 1. The molecular weight excluding hydrogens is 350 g/mol. The van der Waals surface area contributed by atoms with Crippen molar-refractivity contribution in [2.75, 3.05) is 19.8 Å². The van der Waals surface area contributed by atoms with E-state index in [1.165, 1.54) is 6.07 Å². The summed E-state index contributed by atoms with van der Waals surface area (Å²) >= 11 is 0. The first-order chi connectivity index (χ1) is 12.9. The standard InChI is InChI=1S/C20H23NO6/c1-3-15(19(23)24)21-18(22)17-9-8-16(27-17)13-4-6-14(7-5-13)26-12-20(2)10-25-11-20/h4-9,15H,3,10-12H2,1-2H3,(H,21,22)(H,23,24)/t15-/m0/s1. The Morgan fingerprint density at radius 2 is 1.93 bits per heavy atom. The van der Waals surface area contributed by atoms with Gasteiger partial charge in [-0.2, -0.15) is 0 Å². The summed E-state index contributed by atoms with van der Waals surface area (Å²) in [6.45, 7) is 5.83. The molecule has 7 nitrogen and oxygen atoms in total. The number of hydrogen-bond donors (Lipinski definition) is 2. The number of hydrogen-bond acceptors (Lipinski definition) is 5. The third-order valence-corrected chi connectivity index (χ3v) is 4.47. The van der Waals surface area contributed by atoms with Crippen LogP contribution in [-0.4, -0.2) is 42.8 Å². The molecule has 0 saturated carbocycles. The highest BCUT2D eigenvalue weighted by Gasteiger charge is 2.34. The Labute approximate surface area is 157 Å². The largest absolute Gasteiger partial charge is 0.493 e. The van der Waals surface area contributed by atoms with Gasteiger partial charge in [-0.3, -0.25) is 4.79 Å². The Kier molecular flexibility index (Phi) is 5.51. The number of nitrogens with one attached hydrogen (secondary N) is 1. The molecule has 1 atom stereocenters. The molecule has 7 heteroatoms. The van der Waals surface area contributed by atoms with Crippen molar-refractivity contribution in [3.8, 4) is 17.1 Å². The summed E-state index contributed by atoms with van der Waals surface area (Å²) in [4.78, 5) is 23.2. The molecule has 1 saturated heterocycles. The van der Waals surface area contributed by atoms with Gasteiger partial charge in [-0.1, -0.05) is 13.8 Å². The fourth-order valence-corrected chi connectivity index (χ4v) is 2.69. The molecule has 0 bridgehead atoms. The Bertz CT molecular complexity index is 806. The second kappa shape index (κ2) is 7.84. The number of carbonyl (C=O) groups excluding carboxylic acids is 1. The maximum Gasteiger partial charge on any atom is 0.326 e. The number of carboxylic acids is 1. The van der Waals surface area contributed by atoms with Crippen molar-refractivity contribution in [2.24, 2.45) is 5.41 Å². The minimum absolute atomic E-state index is 0.0722. The first kappa shape index (κ1) is 19.0. The van der Waals surface area contributed by atoms with E-state index in [9.17, 15) is 9.59 Å². The van der Waals surface area contributed by atoms with Crippen LogP contribution in [0.15, 0.2) is 40.8 Å². The molecule has 2 N–H and O–H groups in total. The molecule has 144 valence electrons. The zero-order valence-corrected chi connectivity index (χ0v) is 15.4. The van der Waals surface area contributed by atoms with Crippen molar-refractivity contribution >= 4 is 11.9 Å². The van der Waals surface area contributed by atoms with Crippen LogP contribution in [0.5, 0.6) is 5.75 Å². The molecule has 27 heavy (non-hydrogen) atoms. The molecule has 1 aliphatic rings. The highest BCUT2D eigenvalue weighted by Crippen LogP contribution is 2.29. The summed E-state index contributed by atoms with van der Waals surface area (Å²) in [5.41, 5.74) is 0.874. The van der Waals surface area contributed by atoms with Gasteiger partial charge in [0, 0.05) is 11.0 Å². The van der Waals surface area contributed by atoms with Crippen molar-refractivity contribution in [3.05, 3.63) is 42.2 Å². The van der Waals surface area contributed by atoms with Gasteiger partial charge < -0.3 is 24.3 Å². The van der Waals surface area contributed by atoms with Gasteiger partial charge in [-0.25, -0.2) is 4.79 Å². The van der Waals surface area contributed by atoms with Crippen LogP contribution in [0.25, 0.3) is 11.3 Å². The molecule has 0 unspecified atom stereocenters. The molecule has 1 aromatic heterocycles. The Balaban J connectivity index is 1.62. The molecular formula is C20H23NO6. The van der Waals surface area contributed by atoms with Gasteiger partial charge in [0.15, 0.2) is 5.76 Å². The van der Waals surface area contributed by atoms with E-state index in [4.69, 9.17) is 19.0 Å². The molecule has 1 aliphatic heterocycles. The molecule has 3 rings (SSSR count). The molecule has 0 spiro atoms. The van der Waals surface area contributed by atoms with Crippen LogP contribution in [-0.2, 0) is 9.53 Å². The van der Waals surface area contributed by atoms with Crippen LogP contribution >= 0.6 is 0 Å². The minimum atomic E-state index is -1.07. The SMILES string of the molecule is CC[C@H](NC(=O)c1ccc(-c2ccc(OCC3(C)COC3)cc2)o1)C(=O)O. The Hall–Kier alpha value is -2.80. The monoisotopic (exact) mass is 373 g/mol. The van der Waals surface area contributed by atoms with E-state index < -0.39 is 17.9 Å². The normalized spacial score (nSPS) is 16.2. The van der Waals surface area contributed by atoms with Crippen LogP contribution in [0, 0.1) is 5.41 Å². The average Bonchev–Trinajstić information content (AvgIpc) is 3.13. The molecule has 1 fully saturated rings. The third kappa shape index (κ3) is 4.49. The van der Waals surface area contributed by atoms with Crippen LogP contribution in [0.4, 0.5) is 0 Å². The lowest BCUT2D eigenvalue weighted by atomic mass is 9.90. The smallest absolute Gasteiger partial charge is 0.326 e. The van der Waals surface area contributed by atoms with Crippen molar-refractivity contribution in [3.63, 3.8) is 0 Å². The lowest BCUT2D eigenvalue weighted by Gasteiger charge is -2.37. The number of carboxylic acid groups (broad SMARTS) is 1. The summed E-state index contributed by atoms with van der Waals surface area (Å²) < 4.78 is 16.6. The van der Waals surface area contributed by atoms with Crippen molar-refractivity contribution < 1.29 is 28.6 Å². The fourth-order valence-electron chi connectivity index (χ4n) is 2.69. The zero-order valence-electron chi connectivity index (χ0n) is 15.4. The number of aliphatic carboxylic acids is 1.